The topological polar surface area (TPSA) is 49.8 Å². The van der Waals surface area contributed by atoms with Crippen LogP contribution in [0, 0.1) is 0 Å². The fraction of sp³-hybridized carbons (Fsp3) is 0.286. The van der Waals surface area contributed by atoms with Gasteiger partial charge in [0.25, 0.3) is 0 Å². The predicted molar refractivity (Wildman–Crippen MR) is 98.5 cm³/mol. The van der Waals surface area contributed by atoms with Crippen LogP contribution in [0.1, 0.15) is 24.0 Å². The highest BCUT2D eigenvalue weighted by Crippen LogP contribution is 2.18. The molecular formula is C21H23NO3. The molecule has 1 N–H and O–H groups in total. The summed E-state index contributed by atoms with van der Waals surface area (Å²) in [5.74, 6) is 0.123. The fourth-order valence-electron chi connectivity index (χ4n) is 3.06. The Labute approximate surface area is 148 Å². The molecule has 2 aromatic rings. The highest BCUT2D eigenvalue weighted by molar-refractivity contribution is 5.73. The van der Waals surface area contributed by atoms with Crippen molar-refractivity contribution in [1.82, 2.24) is 4.90 Å². The lowest BCUT2D eigenvalue weighted by molar-refractivity contribution is -0.141. The Hall–Kier alpha value is -2.59. The van der Waals surface area contributed by atoms with Gasteiger partial charge in [0, 0.05) is 6.54 Å². The summed E-state index contributed by atoms with van der Waals surface area (Å²) in [6.07, 6.45) is 5.76. The number of carboxylic acids is 1. The van der Waals surface area contributed by atoms with Crippen LogP contribution in [0.5, 0.6) is 5.75 Å². The third kappa shape index (κ3) is 4.94. The third-order valence-corrected chi connectivity index (χ3v) is 4.43. The Kier molecular flexibility index (Phi) is 5.86. The van der Waals surface area contributed by atoms with E-state index >= 15 is 0 Å². The predicted octanol–water partition coefficient (Wildman–Crippen LogP) is 3.83. The highest BCUT2D eigenvalue weighted by Gasteiger charge is 2.29. The molecule has 0 aliphatic carbocycles. The second-order valence-electron chi connectivity index (χ2n) is 6.24. The Balaban J connectivity index is 1.49. The molecule has 0 radical (unpaired) electrons. The minimum Gasteiger partial charge on any atom is -0.489 e. The van der Waals surface area contributed by atoms with Gasteiger partial charge in [-0.25, -0.2) is 0 Å². The zero-order chi connectivity index (χ0) is 17.5. The maximum absolute atomic E-state index is 11.2. The standard InChI is InChI=1S/C21H23NO3/c23-21(24)20-9-5-15-22(20)14-4-8-17-10-12-19(13-11-17)25-16-18-6-2-1-3-7-18/h1-4,6-8,10-13,20H,5,9,14-16H2,(H,23,24)/b8-4+. The van der Waals surface area contributed by atoms with Crippen LogP contribution in [-0.4, -0.2) is 35.1 Å². The summed E-state index contributed by atoms with van der Waals surface area (Å²) in [7, 11) is 0. The Morgan fingerprint density at radius 3 is 2.64 bits per heavy atom. The zero-order valence-corrected chi connectivity index (χ0v) is 14.2. The molecule has 4 nitrogen and oxygen atoms in total. The van der Waals surface area contributed by atoms with Crippen LogP contribution in [-0.2, 0) is 11.4 Å². The first-order chi connectivity index (χ1) is 12.2. The molecule has 130 valence electrons. The molecule has 1 heterocycles. The molecule has 4 heteroatoms. The van der Waals surface area contributed by atoms with Crippen LogP contribution in [0.3, 0.4) is 0 Å². The van der Waals surface area contributed by atoms with Gasteiger partial charge in [-0.05, 0) is 42.6 Å². The van der Waals surface area contributed by atoms with Gasteiger partial charge >= 0.3 is 5.97 Å². The van der Waals surface area contributed by atoms with Gasteiger partial charge < -0.3 is 9.84 Å². The largest absolute Gasteiger partial charge is 0.489 e. The van der Waals surface area contributed by atoms with E-state index in [0.717, 1.165) is 36.3 Å². The molecular weight excluding hydrogens is 314 g/mol. The van der Waals surface area contributed by atoms with Gasteiger partial charge in [-0.2, -0.15) is 0 Å². The lowest BCUT2D eigenvalue weighted by Crippen LogP contribution is -2.35. The number of hydrogen-bond donors (Lipinski definition) is 1. The van der Waals surface area contributed by atoms with Crippen molar-refractivity contribution in [3.8, 4) is 5.75 Å². The van der Waals surface area contributed by atoms with Crippen molar-refractivity contribution in [2.24, 2.45) is 0 Å². The summed E-state index contributed by atoms with van der Waals surface area (Å²) in [6, 6.07) is 17.7. The van der Waals surface area contributed by atoms with Gasteiger partial charge in [0.2, 0.25) is 0 Å². The van der Waals surface area contributed by atoms with E-state index in [-0.39, 0.29) is 6.04 Å². The number of carbonyl (C=O) groups is 1. The second-order valence-corrected chi connectivity index (χ2v) is 6.24. The highest BCUT2D eigenvalue weighted by atomic mass is 16.5. The monoisotopic (exact) mass is 337 g/mol. The Morgan fingerprint density at radius 2 is 1.92 bits per heavy atom. The average molecular weight is 337 g/mol. The van der Waals surface area contributed by atoms with Crippen LogP contribution in [0.2, 0.25) is 0 Å². The van der Waals surface area contributed by atoms with Gasteiger partial charge in [-0.3, -0.25) is 9.69 Å². The van der Waals surface area contributed by atoms with Crippen LogP contribution >= 0.6 is 0 Å². The van der Waals surface area contributed by atoms with Gasteiger partial charge in [-0.15, -0.1) is 0 Å². The van der Waals surface area contributed by atoms with Gasteiger partial charge in [0.05, 0.1) is 0 Å². The number of likely N-dealkylation sites (tertiary alicyclic amines) is 1. The lowest BCUT2D eigenvalue weighted by Gasteiger charge is -2.18. The number of nitrogens with zero attached hydrogens (tertiary/aromatic N) is 1. The van der Waals surface area contributed by atoms with Crippen LogP contribution < -0.4 is 4.74 Å². The van der Waals surface area contributed by atoms with E-state index < -0.39 is 5.97 Å². The smallest absolute Gasteiger partial charge is 0.320 e. The van der Waals surface area contributed by atoms with E-state index in [9.17, 15) is 9.90 Å². The number of benzene rings is 2. The summed E-state index contributed by atoms with van der Waals surface area (Å²) in [6.45, 7) is 2.08. The van der Waals surface area contributed by atoms with Gasteiger partial charge in [0.15, 0.2) is 0 Å². The molecule has 0 saturated carbocycles. The number of hydrogen-bond acceptors (Lipinski definition) is 3. The molecule has 1 saturated heterocycles. The van der Waals surface area contributed by atoms with E-state index in [2.05, 4.69) is 0 Å². The van der Waals surface area contributed by atoms with Crippen molar-refractivity contribution in [3.63, 3.8) is 0 Å². The first-order valence-corrected chi connectivity index (χ1v) is 8.62. The SMILES string of the molecule is O=C(O)C1CCCN1C/C=C/c1ccc(OCc2ccccc2)cc1. The molecule has 0 aromatic heterocycles. The number of carboxylic acid groups (broad SMARTS) is 1. The summed E-state index contributed by atoms with van der Waals surface area (Å²) in [4.78, 5) is 13.2. The molecule has 1 fully saturated rings. The molecule has 0 amide bonds. The zero-order valence-electron chi connectivity index (χ0n) is 14.2. The molecule has 1 unspecified atom stereocenters. The lowest BCUT2D eigenvalue weighted by atomic mass is 10.2. The first kappa shape index (κ1) is 17.2. The fourth-order valence-corrected chi connectivity index (χ4v) is 3.06. The van der Waals surface area contributed by atoms with Crippen LogP contribution in [0.4, 0.5) is 0 Å². The number of rotatable bonds is 7. The van der Waals surface area contributed by atoms with Crippen molar-refractivity contribution in [3.05, 3.63) is 71.8 Å². The van der Waals surface area contributed by atoms with E-state index in [1.54, 1.807) is 0 Å². The molecule has 3 rings (SSSR count). The van der Waals surface area contributed by atoms with Crippen molar-refractivity contribution in [1.29, 1.82) is 0 Å². The molecule has 1 aliphatic heterocycles. The van der Waals surface area contributed by atoms with E-state index in [0.29, 0.717) is 13.2 Å². The van der Waals surface area contributed by atoms with Gasteiger partial charge in [-0.1, -0.05) is 54.6 Å². The quantitative estimate of drug-likeness (QED) is 0.834. The normalized spacial score (nSPS) is 17.8. The van der Waals surface area contributed by atoms with Crippen molar-refractivity contribution < 1.29 is 14.6 Å². The van der Waals surface area contributed by atoms with E-state index in [4.69, 9.17) is 4.74 Å². The number of ether oxygens (including phenoxy) is 1. The summed E-state index contributed by atoms with van der Waals surface area (Å²) in [5, 5.41) is 9.18. The van der Waals surface area contributed by atoms with Crippen LogP contribution in [0.15, 0.2) is 60.7 Å². The summed E-state index contributed by atoms with van der Waals surface area (Å²) >= 11 is 0. The maximum atomic E-state index is 11.2. The Morgan fingerprint density at radius 1 is 1.16 bits per heavy atom. The maximum Gasteiger partial charge on any atom is 0.320 e. The third-order valence-electron chi connectivity index (χ3n) is 4.43. The second kappa shape index (κ2) is 8.49. The average Bonchev–Trinajstić information content (AvgIpc) is 3.11. The van der Waals surface area contributed by atoms with Crippen LogP contribution in [0.25, 0.3) is 6.08 Å². The molecule has 1 aliphatic rings. The van der Waals surface area contributed by atoms with E-state index in [1.165, 1.54) is 0 Å². The molecule has 1 atom stereocenters. The first-order valence-electron chi connectivity index (χ1n) is 8.62. The molecule has 0 spiro atoms. The molecule has 25 heavy (non-hydrogen) atoms. The van der Waals surface area contributed by atoms with Crippen molar-refractivity contribution in [2.45, 2.75) is 25.5 Å². The van der Waals surface area contributed by atoms with Crippen molar-refractivity contribution >= 4 is 12.0 Å². The molecule has 0 bridgehead atoms. The van der Waals surface area contributed by atoms with Crippen molar-refractivity contribution in [2.75, 3.05) is 13.1 Å². The minimum atomic E-state index is -0.717. The summed E-state index contributed by atoms with van der Waals surface area (Å²) < 4.78 is 5.78. The number of aliphatic carboxylic acids is 1. The van der Waals surface area contributed by atoms with Gasteiger partial charge in [0.1, 0.15) is 18.4 Å². The van der Waals surface area contributed by atoms with E-state index in [1.807, 2.05) is 71.6 Å². The molecule has 2 aromatic carbocycles. The minimum absolute atomic E-state index is 0.335. The Bertz CT molecular complexity index is 710. The summed E-state index contributed by atoms with van der Waals surface area (Å²) in [5.41, 5.74) is 2.23.